The number of nitrogens with two attached hydrogens (primary N) is 1. The molecule has 0 radical (unpaired) electrons. The van der Waals surface area contributed by atoms with Crippen LogP contribution in [0.15, 0.2) is 23.1 Å². The van der Waals surface area contributed by atoms with E-state index in [-0.39, 0.29) is 0 Å². The highest BCUT2D eigenvalue weighted by Crippen LogP contribution is 2.30. The van der Waals surface area contributed by atoms with Crippen LogP contribution in [0.25, 0.3) is 0 Å². The summed E-state index contributed by atoms with van der Waals surface area (Å²) in [5.41, 5.74) is 6.83. The fourth-order valence-electron chi connectivity index (χ4n) is 0.840. The van der Waals surface area contributed by atoms with Crippen molar-refractivity contribution in [1.29, 1.82) is 0 Å². The largest absolute Gasteiger partial charge is 0.398 e. The summed E-state index contributed by atoms with van der Waals surface area (Å²) in [6, 6.07) is 5.09. The number of rotatable bonds is 2. The molecular weight excluding hydrogens is 180 g/mol. The van der Waals surface area contributed by atoms with E-state index in [1.807, 2.05) is 6.92 Å². The van der Waals surface area contributed by atoms with E-state index >= 15 is 0 Å². The van der Waals surface area contributed by atoms with E-state index < -0.39 is 5.76 Å². The van der Waals surface area contributed by atoms with Gasteiger partial charge in [-0.15, -0.1) is 0 Å². The maximum absolute atomic E-state index is 11.9. The Bertz CT molecular complexity index is 276. The maximum atomic E-state index is 11.9. The van der Waals surface area contributed by atoms with Crippen LogP contribution in [0.2, 0.25) is 0 Å². The molecule has 2 N–H and O–H groups in total. The van der Waals surface area contributed by atoms with Crippen molar-refractivity contribution in [2.24, 2.45) is 0 Å². The minimum absolute atomic E-state index is 0.408. The molecule has 0 bridgehead atoms. The van der Waals surface area contributed by atoms with Crippen molar-refractivity contribution in [3.63, 3.8) is 0 Å². The summed E-state index contributed by atoms with van der Waals surface area (Å²) in [5, 5.41) is 0. The monoisotopic (exact) mass is 189 g/mol. The Labute approximate surface area is 74.0 Å². The van der Waals surface area contributed by atoms with Gasteiger partial charge in [0.15, 0.2) is 0 Å². The molecule has 0 atom stereocenters. The second kappa shape index (κ2) is 3.76. The van der Waals surface area contributed by atoms with E-state index in [1.165, 1.54) is 0 Å². The Morgan fingerprint density at radius 3 is 2.67 bits per heavy atom. The Hall–Kier alpha value is -0.770. The Morgan fingerprint density at radius 1 is 1.42 bits per heavy atom. The molecule has 0 saturated carbocycles. The third kappa shape index (κ3) is 2.37. The fourth-order valence-corrected chi connectivity index (χ4v) is 1.49. The summed E-state index contributed by atoms with van der Waals surface area (Å²) < 4.78 is 23.9. The molecule has 66 valence electrons. The van der Waals surface area contributed by atoms with Crippen molar-refractivity contribution < 1.29 is 8.78 Å². The number of anilines is 1. The van der Waals surface area contributed by atoms with Crippen LogP contribution < -0.4 is 5.73 Å². The van der Waals surface area contributed by atoms with Crippen LogP contribution in [0.1, 0.15) is 5.56 Å². The van der Waals surface area contributed by atoms with Crippen molar-refractivity contribution in [3.8, 4) is 0 Å². The van der Waals surface area contributed by atoms with Gasteiger partial charge in [-0.25, -0.2) is 0 Å². The highest BCUT2D eigenvalue weighted by atomic mass is 32.2. The average molecular weight is 189 g/mol. The molecule has 0 aliphatic heterocycles. The highest BCUT2D eigenvalue weighted by molar-refractivity contribution is 7.99. The molecule has 1 aromatic carbocycles. The van der Waals surface area contributed by atoms with Gasteiger partial charge in [-0.05, 0) is 24.6 Å². The van der Waals surface area contributed by atoms with Crippen LogP contribution in [-0.2, 0) is 0 Å². The summed E-state index contributed by atoms with van der Waals surface area (Å²) in [6.45, 7) is 1.84. The first kappa shape index (κ1) is 9.32. The molecule has 0 fully saturated rings. The predicted molar refractivity (Wildman–Crippen MR) is 47.5 cm³/mol. The van der Waals surface area contributed by atoms with E-state index in [0.717, 1.165) is 5.56 Å². The minimum Gasteiger partial charge on any atom is -0.398 e. The Kier molecular flexibility index (Phi) is 2.92. The number of aryl methyl sites for hydroxylation is 1. The topological polar surface area (TPSA) is 26.0 Å². The zero-order valence-corrected chi connectivity index (χ0v) is 7.37. The lowest BCUT2D eigenvalue weighted by atomic mass is 10.2. The van der Waals surface area contributed by atoms with E-state index in [1.54, 1.807) is 18.2 Å². The van der Waals surface area contributed by atoms with E-state index in [0.29, 0.717) is 22.3 Å². The van der Waals surface area contributed by atoms with Crippen LogP contribution in [0.4, 0.5) is 14.5 Å². The number of benzene rings is 1. The number of hydrogen-bond acceptors (Lipinski definition) is 2. The lowest BCUT2D eigenvalue weighted by Gasteiger charge is -2.04. The van der Waals surface area contributed by atoms with Crippen molar-refractivity contribution in [2.45, 2.75) is 17.6 Å². The molecule has 0 saturated heterocycles. The molecule has 12 heavy (non-hydrogen) atoms. The number of halogens is 2. The number of alkyl halides is 2. The summed E-state index contributed by atoms with van der Waals surface area (Å²) in [4.78, 5) is 0.449. The van der Waals surface area contributed by atoms with Gasteiger partial charge in [-0.1, -0.05) is 17.8 Å². The van der Waals surface area contributed by atoms with Crippen LogP contribution in [0.5, 0.6) is 0 Å². The molecule has 0 unspecified atom stereocenters. The molecule has 0 spiro atoms. The van der Waals surface area contributed by atoms with Crippen LogP contribution in [0, 0.1) is 6.92 Å². The SMILES string of the molecule is Cc1ccc(N)c(SC(F)F)c1. The van der Waals surface area contributed by atoms with Gasteiger partial charge in [0.1, 0.15) is 0 Å². The van der Waals surface area contributed by atoms with Gasteiger partial charge in [0, 0.05) is 10.6 Å². The van der Waals surface area contributed by atoms with Crippen LogP contribution in [-0.4, -0.2) is 5.76 Å². The zero-order valence-electron chi connectivity index (χ0n) is 6.55. The first-order valence-electron chi connectivity index (χ1n) is 3.40. The lowest BCUT2D eigenvalue weighted by Crippen LogP contribution is -1.91. The number of nitrogen functional groups attached to an aromatic ring is 1. The van der Waals surface area contributed by atoms with Gasteiger partial charge >= 0.3 is 0 Å². The van der Waals surface area contributed by atoms with Gasteiger partial charge in [0.05, 0.1) is 0 Å². The smallest absolute Gasteiger partial charge is 0.288 e. The average Bonchev–Trinajstić information content (AvgIpc) is 1.96. The molecule has 0 aliphatic rings. The number of thioether (sulfide) groups is 1. The minimum atomic E-state index is -2.41. The molecule has 4 heteroatoms. The highest BCUT2D eigenvalue weighted by Gasteiger charge is 2.07. The molecule has 1 rings (SSSR count). The third-order valence-corrected chi connectivity index (χ3v) is 2.17. The predicted octanol–water partition coefficient (Wildman–Crippen LogP) is 2.89. The van der Waals surface area contributed by atoms with Gasteiger partial charge in [-0.2, -0.15) is 8.78 Å². The molecule has 1 aromatic rings. The molecule has 0 aliphatic carbocycles. The van der Waals surface area contributed by atoms with E-state index in [2.05, 4.69) is 0 Å². The summed E-state index contributed by atoms with van der Waals surface area (Å²) in [6.07, 6.45) is 0. The fraction of sp³-hybridized carbons (Fsp3) is 0.250. The Balaban J connectivity index is 2.90. The van der Waals surface area contributed by atoms with Crippen molar-refractivity contribution in [1.82, 2.24) is 0 Å². The van der Waals surface area contributed by atoms with Gasteiger partial charge < -0.3 is 5.73 Å². The van der Waals surface area contributed by atoms with Crippen molar-refractivity contribution in [2.75, 3.05) is 5.73 Å². The Morgan fingerprint density at radius 2 is 2.08 bits per heavy atom. The molecule has 0 aromatic heterocycles. The summed E-state index contributed by atoms with van der Waals surface area (Å²) >= 11 is 0.481. The third-order valence-electron chi connectivity index (χ3n) is 1.39. The standard InChI is InChI=1S/C8H9F2NS/c1-5-2-3-6(11)7(4-5)12-8(9)10/h2-4,8H,11H2,1H3. The van der Waals surface area contributed by atoms with Gasteiger partial charge in [0.25, 0.3) is 5.76 Å². The second-order valence-corrected chi connectivity index (χ2v) is 3.45. The first-order chi connectivity index (χ1) is 5.59. The van der Waals surface area contributed by atoms with E-state index in [4.69, 9.17) is 5.73 Å². The maximum Gasteiger partial charge on any atom is 0.288 e. The second-order valence-electron chi connectivity index (χ2n) is 2.42. The van der Waals surface area contributed by atoms with Gasteiger partial charge in [-0.3, -0.25) is 0 Å². The first-order valence-corrected chi connectivity index (χ1v) is 4.28. The molecule has 0 heterocycles. The van der Waals surface area contributed by atoms with Crippen molar-refractivity contribution >= 4 is 17.4 Å². The van der Waals surface area contributed by atoms with Crippen LogP contribution in [0.3, 0.4) is 0 Å². The normalized spacial score (nSPS) is 10.7. The summed E-state index contributed by atoms with van der Waals surface area (Å²) in [5.74, 6) is -2.41. The van der Waals surface area contributed by atoms with E-state index in [9.17, 15) is 8.78 Å². The van der Waals surface area contributed by atoms with Gasteiger partial charge in [0.2, 0.25) is 0 Å². The summed E-state index contributed by atoms with van der Waals surface area (Å²) in [7, 11) is 0. The lowest BCUT2D eigenvalue weighted by molar-refractivity contribution is 0.252. The molecular formula is C8H9F2NS. The molecule has 0 amide bonds. The zero-order chi connectivity index (χ0) is 9.14. The van der Waals surface area contributed by atoms with Crippen LogP contribution >= 0.6 is 11.8 Å². The molecule has 1 nitrogen and oxygen atoms in total. The van der Waals surface area contributed by atoms with Crippen molar-refractivity contribution in [3.05, 3.63) is 23.8 Å². The number of hydrogen-bond donors (Lipinski definition) is 1. The quantitative estimate of drug-likeness (QED) is 0.571.